The van der Waals surface area contributed by atoms with E-state index in [1.807, 2.05) is 45.0 Å². The van der Waals surface area contributed by atoms with Gasteiger partial charge in [-0.1, -0.05) is 47.5 Å². The van der Waals surface area contributed by atoms with Crippen LogP contribution in [0.5, 0.6) is 5.88 Å². The van der Waals surface area contributed by atoms with Crippen molar-refractivity contribution in [3.8, 4) is 34.5 Å². The lowest BCUT2D eigenvalue weighted by molar-refractivity contribution is 0.0275. The van der Waals surface area contributed by atoms with Crippen molar-refractivity contribution >= 4 is 29.3 Å². The minimum atomic E-state index is -0.583. The number of hydrogen-bond acceptors (Lipinski definition) is 6. The number of benzene rings is 2. The van der Waals surface area contributed by atoms with E-state index in [2.05, 4.69) is 11.1 Å². The molecule has 1 fully saturated rings. The van der Waals surface area contributed by atoms with Crippen LogP contribution in [0.25, 0.3) is 22.5 Å². The number of carbonyl (C=O) groups excluding carboxylic acids is 1. The Bertz CT molecular complexity index is 1270. The van der Waals surface area contributed by atoms with Gasteiger partial charge in [-0.05, 0) is 45.0 Å². The van der Waals surface area contributed by atoms with E-state index in [1.165, 1.54) is 0 Å². The van der Waals surface area contributed by atoms with Crippen LogP contribution in [0.15, 0.2) is 48.5 Å². The standard InChI is InChI=1S/C26H24Cl2N4O3/c1-26(2,3)35-25(33)32-13-12-20(15-32)34-24-21(14-29)30-22(16-4-8-18(27)9-5-16)23(31-24)17-6-10-19(28)11-7-17/h4-11,20H,12-13,15H2,1-3H3/t20-/m1/s1. The predicted octanol–water partition coefficient (Wildman–Crippen LogP) is 6.38. The SMILES string of the molecule is CC(C)(C)OC(=O)N1CC[C@@H](Oc2nc(-c3ccc(Cl)cc3)c(-c3ccc(Cl)cc3)nc2C#N)C1. The smallest absolute Gasteiger partial charge is 0.410 e. The third kappa shape index (κ3) is 6.02. The molecule has 7 nitrogen and oxygen atoms in total. The Morgan fingerprint density at radius 1 is 1.00 bits per heavy atom. The number of aromatic nitrogens is 2. The maximum Gasteiger partial charge on any atom is 0.410 e. The van der Waals surface area contributed by atoms with E-state index in [9.17, 15) is 10.1 Å². The Labute approximate surface area is 214 Å². The number of likely N-dealkylation sites (tertiary alicyclic amines) is 1. The Morgan fingerprint density at radius 2 is 1.54 bits per heavy atom. The number of hydrogen-bond donors (Lipinski definition) is 0. The lowest BCUT2D eigenvalue weighted by Crippen LogP contribution is -2.36. The number of rotatable bonds is 4. The van der Waals surface area contributed by atoms with Gasteiger partial charge in [0, 0.05) is 34.1 Å². The number of ether oxygens (including phenoxy) is 2. The summed E-state index contributed by atoms with van der Waals surface area (Å²) in [7, 11) is 0. The van der Waals surface area contributed by atoms with E-state index in [0.717, 1.165) is 11.1 Å². The molecule has 3 aromatic rings. The Kier molecular flexibility index (Phi) is 7.15. The second-order valence-electron chi connectivity index (χ2n) is 9.16. The molecule has 1 aliphatic rings. The van der Waals surface area contributed by atoms with Crippen molar-refractivity contribution in [1.82, 2.24) is 14.9 Å². The summed E-state index contributed by atoms with van der Waals surface area (Å²) < 4.78 is 11.6. The van der Waals surface area contributed by atoms with E-state index in [-0.39, 0.29) is 17.7 Å². The highest BCUT2D eigenvalue weighted by atomic mass is 35.5. The fourth-order valence-electron chi connectivity index (χ4n) is 3.67. The van der Waals surface area contributed by atoms with Gasteiger partial charge in [0.25, 0.3) is 5.88 Å². The van der Waals surface area contributed by atoms with Crippen molar-refractivity contribution in [3.63, 3.8) is 0 Å². The predicted molar refractivity (Wildman–Crippen MR) is 134 cm³/mol. The van der Waals surface area contributed by atoms with Gasteiger partial charge in [-0.25, -0.2) is 14.8 Å². The van der Waals surface area contributed by atoms with Gasteiger partial charge in [0.05, 0.1) is 12.2 Å². The molecule has 0 bridgehead atoms. The minimum absolute atomic E-state index is 0.0587. The Hall–Kier alpha value is -3.34. The fraction of sp³-hybridized carbons (Fsp3) is 0.308. The molecule has 0 saturated carbocycles. The summed E-state index contributed by atoms with van der Waals surface area (Å²) in [5, 5.41) is 11.0. The van der Waals surface area contributed by atoms with E-state index >= 15 is 0 Å². The molecule has 2 aromatic carbocycles. The zero-order chi connectivity index (χ0) is 25.2. The molecule has 1 aromatic heterocycles. The molecule has 1 saturated heterocycles. The van der Waals surface area contributed by atoms with Gasteiger partial charge in [0.15, 0.2) is 0 Å². The molecule has 9 heteroatoms. The molecule has 4 rings (SSSR count). The van der Waals surface area contributed by atoms with Gasteiger partial charge >= 0.3 is 6.09 Å². The van der Waals surface area contributed by atoms with Crippen LogP contribution in [0.3, 0.4) is 0 Å². The number of carbonyl (C=O) groups is 1. The molecule has 35 heavy (non-hydrogen) atoms. The van der Waals surface area contributed by atoms with E-state index < -0.39 is 11.7 Å². The van der Waals surface area contributed by atoms with Gasteiger partial charge in [-0.15, -0.1) is 0 Å². The van der Waals surface area contributed by atoms with Crippen LogP contribution >= 0.6 is 23.2 Å². The van der Waals surface area contributed by atoms with Gasteiger partial charge in [-0.2, -0.15) is 5.26 Å². The summed E-state index contributed by atoms with van der Waals surface area (Å²) in [5.41, 5.74) is 2.06. The van der Waals surface area contributed by atoms with Crippen molar-refractivity contribution in [2.75, 3.05) is 13.1 Å². The molecule has 0 unspecified atom stereocenters. The van der Waals surface area contributed by atoms with Crippen LogP contribution in [0.1, 0.15) is 32.9 Å². The quantitative estimate of drug-likeness (QED) is 0.404. The first-order valence-corrected chi connectivity index (χ1v) is 11.9. The van der Waals surface area contributed by atoms with Crippen LogP contribution in [0.4, 0.5) is 4.79 Å². The molecule has 0 radical (unpaired) electrons. The van der Waals surface area contributed by atoms with Crippen molar-refractivity contribution in [1.29, 1.82) is 5.26 Å². The number of halogens is 2. The Morgan fingerprint density at radius 3 is 2.06 bits per heavy atom. The topological polar surface area (TPSA) is 88.3 Å². The molecular weight excluding hydrogens is 487 g/mol. The highest BCUT2D eigenvalue weighted by Gasteiger charge is 2.32. The summed E-state index contributed by atoms with van der Waals surface area (Å²) in [4.78, 5) is 23.3. The first-order valence-electron chi connectivity index (χ1n) is 11.1. The molecule has 1 aliphatic heterocycles. The second-order valence-corrected chi connectivity index (χ2v) is 10.0. The molecule has 1 amide bonds. The fourth-order valence-corrected chi connectivity index (χ4v) is 3.92. The maximum atomic E-state index is 12.4. The van der Waals surface area contributed by atoms with Crippen LogP contribution in [-0.4, -0.2) is 45.8 Å². The molecule has 1 atom stereocenters. The maximum absolute atomic E-state index is 12.4. The normalized spacial score (nSPS) is 15.5. The van der Waals surface area contributed by atoms with Crippen molar-refractivity contribution in [3.05, 3.63) is 64.3 Å². The molecule has 180 valence electrons. The van der Waals surface area contributed by atoms with Gasteiger partial charge in [0.1, 0.15) is 23.5 Å². The van der Waals surface area contributed by atoms with Crippen molar-refractivity contribution in [2.45, 2.75) is 38.9 Å². The van der Waals surface area contributed by atoms with Crippen molar-refractivity contribution in [2.24, 2.45) is 0 Å². The van der Waals surface area contributed by atoms with Gasteiger partial charge in [0.2, 0.25) is 5.69 Å². The summed E-state index contributed by atoms with van der Waals surface area (Å²) in [6.45, 7) is 6.29. The zero-order valence-corrected chi connectivity index (χ0v) is 21.1. The molecule has 2 heterocycles. The zero-order valence-electron chi connectivity index (χ0n) is 19.6. The Balaban J connectivity index is 1.67. The van der Waals surface area contributed by atoms with E-state index in [1.54, 1.807) is 29.2 Å². The number of nitriles is 1. The highest BCUT2D eigenvalue weighted by Crippen LogP contribution is 2.34. The lowest BCUT2D eigenvalue weighted by atomic mass is 10.0. The third-order valence-corrected chi connectivity index (χ3v) is 5.78. The van der Waals surface area contributed by atoms with E-state index in [0.29, 0.717) is 40.9 Å². The molecular formula is C26H24Cl2N4O3. The van der Waals surface area contributed by atoms with Crippen LogP contribution in [0, 0.1) is 11.3 Å². The lowest BCUT2D eigenvalue weighted by Gasteiger charge is -2.24. The first-order chi connectivity index (χ1) is 16.6. The first kappa shape index (κ1) is 24.8. The third-order valence-electron chi connectivity index (χ3n) is 5.28. The van der Waals surface area contributed by atoms with Crippen LogP contribution < -0.4 is 4.74 Å². The monoisotopic (exact) mass is 510 g/mol. The second kappa shape index (κ2) is 10.1. The van der Waals surface area contributed by atoms with Gasteiger partial charge < -0.3 is 14.4 Å². The van der Waals surface area contributed by atoms with Gasteiger partial charge in [-0.3, -0.25) is 0 Å². The summed E-state index contributed by atoms with van der Waals surface area (Å²) in [5.74, 6) is 0.117. The summed E-state index contributed by atoms with van der Waals surface area (Å²) >= 11 is 12.1. The van der Waals surface area contributed by atoms with Crippen LogP contribution in [-0.2, 0) is 4.74 Å². The largest absolute Gasteiger partial charge is 0.470 e. The number of amides is 1. The molecule has 0 spiro atoms. The molecule has 0 aliphatic carbocycles. The van der Waals surface area contributed by atoms with E-state index in [4.69, 9.17) is 37.7 Å². The highest BCUT2D eigenvalue weighted by molar-refractivity contribution is 6.31. The van der Waals surface area contributed by atoms with Crippen LogP contribution in [0.2, 0.25) is 10.0 Å². The number of nitrogens with zero attached hydrogens (tertiary/aromatic N) is 4. The summed E-state index contributed by atoms with van der Waals surface area (Å²) in [6.07, 6.45) is -0.153. The average molecular weight is 511 g/mol. The summed E-state index contributed by atoms with van der Waals surface area (Å²) in [6, 6.07) is 16.4. The average Bonchev–Trinajstić information content (AvgIpc) is 3.28. The minimum Gasteiger partial charge on any atom is -0.470 e. The molecule has 0 N–H and O–H groups in total. The van der Waals surface area contributed by atoms with Crippen molar-refractivity contribution < 1.29 is 14.3 Å².